The molecule has 0 fully saturated rings. The first-order chi connectivity index (χ1) is 10.2. The Hall–Kier alpha value is -2.17. The van der Waals surface area contributed by atoms with Crippen LogP contribution in [0.2, 0.25) is 0 Å². The number of nitrogens with zero attached hydrogens (tertiary/aromatic N) is 2. The Balaban J connectivity index is 1.98. The summed E-state index contributed by atoms with van der Waals surface area (Å²) in [6, 6.07) is 8.23. The van der Waals surface area contributed by atoms with Crippen LogP contribution in [0.4, 0.5) is 0 Å². The summed E-state index contributed by atoms with van der Waals surface area (Å²) in [6.45, 7) is 2.19. The smallest absolute Gasteiger partial charge is 0.227 e. The second-order valence-electron chi connectivity index (χ2n) is 4.99. The molecule has 112 valence electrons. The molecule has 0 aliphatic rings. The van der Waals surface area contributed by atoms with Crippen LogP contribution in [0.1, 0.15) is 37.6 Å². The van der Waals surface area contributed by atoms with E-state index in [0.29, 0.717) is 24.6 Å². The molecular weight excluding hydrogens is 266 g/mol. The summed E-state index contributed by atoms with van der Waals surface area (Å²) in [7, 11) is 1.61. The fourth-order valence-electron chi connectivity index (χ4n) is 2.02. The molecule has 1 aromatic heterocycles. The number of hydrogen-bond donors (Lipinski definition) is 1. The first-order valence-corrected chi connectivity index (χ1v) is 7.35. The highest BCUT2D eigenvalue weighted by Crippen LogP contribution is 2.18. The number of nitrogens with one attached hydrogen (secondary N) is 1. The number of aromatic nitrogens is 2. The van der Waals surface area contributed by atoms with Crippen molar-refractivity contribution in [2.24, 2.45) is 0 Å². The topological polar surface area (TPSA) is 68.0 Å². The number of benzene rings is 1. The van der Waals surface area contributed by atoms with E-state index in [9.17, 15) is 4.79 Å². The molecule has 1 heterocycles. The molecule has 2 rings (SSSR count). The minimum Gasteiger partial charge on any atom is -0.359 e. The average Bonchev–Trinajstić information content (AvgIpc) is 3.00. The molecule has 0 aliphatic carbocycles. The van der Waals surface area contributed by atoms with Crippen LogP contribution in [0.25, 0.3) is 11.4 Å². The average molecular weight is 287 g/mol. The molecular formula is C16H21N3O2. The van der Waals surface area contributed by atoms with Crippen molar-refractivity contribution in [3.8, 4) is 11.4 Å². The maximum atomic E-state index is 11.2. The van der Waals surface area contributed by atoms with Crippen LogP contribution in [0.3, 0.4) is 0 Å². The molecule has 1 N–H and O–H groups in total. The zero-order chi connectivity index (χ0) is 15.1. The lowest BCUT2D eigenvalue weighted by molar-refractivity contribution is -0.120. The van der Waals surface area contributed by atoms with E-state index < -0.39 is 0 Å². The molecule has 0 saturated heterocycles. The highest BCUT2D eigenvalue weighted by atomic mass is 16.5. The number of carbonyl (C=O) groups excluding carboxylic acids is 1. The van der Waals surface area contributed by atoms with Crippen LogP contribution < -0.4 is 5.32 Å². The Morgan fingerprint density at radius 3 is 2.67 bits per heavy atom. The molecule has 5 nitrogen and oxygen atoms in total. The van der Waals surface area contributed by atoms with E-state index in [1.165, 1.54) is 18.4 Å². The van der Waals surface area contributed by atoms with E-state index in [4.69, 9.17) is 4.52 Å². The normalized spacial score (nSPS) is 10.6. The minimum atomic E-state index is -0.0324. The lowest BCUT2D eigenvalue weighted by atomic mass is 10.1. The Morgan fingerprint density at radius 1 is 1.24 bits per heavy atom. The van der Waals surface area contributed by atoms with Crippen molar-refractivity contribution < 1.29 is 9.32 Å². The van der Waals surface area contributed by atoms with Gasteiger partial charge in [0.25, 0.3) is 0 Å². The first kappa shape index (κ1) is 15.2. The highest BCUT2D eigenvalue weighted by molar-refractivity contribution is 5.75. The summed E-state index contributed by atoms with van der Waals surface area (Å²) in [6.07, 6.45) is 4.31. The van der Waals surface area contributed by atoms with Gasteiger partial charge >= 0.3 is 0 Å². The van der Waals surface area contributed by atoms with Gasteiger partial charge in [-0.2, -0.15) is 4.98 Å². The zero-order valence-corrected chi connectivity index (χ0v) is 12.6. The molecule has 1 aromatic carbocycles. The number of rotatable bonds is 7. The minimum absolute atomic E-state index is 0.0324. The van der Waals surface area contributed by atoms with Crippen molar-refractivity contribution in [2.75, 3.05) is 7.05 Å². The largest absolute Gasteiger partial charge is 0.359 e. The number of unbranched alkanes of at least 4 members (excludes halogenated alkanes) is 1. The van der Waals surface area contributed by atoms with E-state index in [-0.39, 0.29) is 5.91 Å². The SMILES string of the molecule is CCCCc1ccc(-c2noc(CCC(=O)NC)n2)cc1. The van der Waals surface area contributed by atoms with Crippen LogP contribution in [-0.4, -0.2) is 23.1 Å². The molecule has 0 atom stereocenters. The molecule has 0 spiro atoms. The van der Waals surface area contributed by atoms with Gasteiger partial charge in [-0.3, -0.25) is 4.79 Å². The standard InChI is InChI=1S/C16H21N3O2/c1-3-4-5-12-6-8-13(9-7-12)16-18-15(21-19-16)11-10-14(20)17-2/h6-9H,3-5,10-11H2,1-2H3,(H,17,20). The second kappa shape index (κ2) is 7.57. The van der Waals surface area contributed by atoms with Crippen molar-refractivity contribution >= 4 is 5.91 Å². The summed E-state index contributed by atoms with van der Waals surface area (Å²) in [5.41, 5.74) is 2.26. The van der Waals surface area contributed by atoms with Crippen molar-refractivity contribution in [2.45, 2.75) is 39.0 Å². The molecule has 0 aliphatic heterocycles. The fraction of sp³-hybridized carbons (Fsp3) is 0.438. The van der Waals surface area contributed by atoms with Gasteiger partial charge in [0.2, 0.25) is 17.6 Å². The van der Waals surface area contributed by atoms with E-state index in [1.807, 2.05) is 12.1 Å². The molecule has 0 saturated carbocycles. The molecule has 5 heteroatoms. The lowest BCUT2D eigenvalue weighted by Crippen LogP contribution is -2.17. The third-order valence-corrected chi connectivity index (χ3v) is 3.34. The van der Waals surface area contributed by atoms with Gasteiger partial charge in [0, 0.05) is 25.5 Å². The number of hydrogen-bond acceptors (Lipinski definition) is 4. The molecule has 21 heavy (non-hydrogen) atoms. The van der Waals surface area contributed by atoms with Gasteiger partial charge in [0.05, 0.1) is 0 Å². The maximum absolute atomic E-state index is 11.2. The third-order valence-electron chi connectivity index (χ3n) is 3.34. The number of carbonyl (C=O) groups is 1. The fourth-order valence-corrected chi connectivity index (χ4v) is 2.02. The van der Waals surface area contributed by atoms with E-state index >= 15 is 0 Å². The van der Waals surface area contributed by atoms with E-state index in [2.05, 4.69) is 34.5 Å². The second-order valence-corrected chi connectivity index (χ2v) is 4.99. The van der Waals surface area contributed by atoms with Crippen LogP contribution in [0.5, 0.6) is 0 Å². The Kier molecular flexibility index (Phi) is 5.49. The Bertz CT molecular complexity index is 575. The van der Waals surface area contributed by atoms with Gasteiger partial charge in [0.1, 0.15) is 0 Å². The van der Waals surface area contributed by atoms with Crippen molar-refractivity contribution in [1.82, 2.24) is 15.5 Å². The van der Waals surface area contributed by atoms with E-state index in [0.717, 1.165) is 12.0 Å². The Morgan fingerprint density at radius 2 is 2.00 bits per heavy atom. The number of aryl methyl sites for hydroxylation is 2. The quantitative estimate of drug-likeness (QED) is 0.850. The first-order valence-electron chi connectivity index (χ1n) is 7.35. The van der Waals surface area contributed by atoms with Gasteiger partial charge in [-0.05, 0) is 18.4 Å². The van der Waals surface area contributed by atoms with Crippen LogP contribution in [0, 0.1) is 0 Å². The summed E-state index contributed by atoms with van der Waals surface area (Å²) >= 11 is 0. The third kappa shape index (κ3) is 4.41. The predicted octanol–water partition coefficient (Wildman–Crippen LogP) is 2.76. The van der Waals surface area contributed by atoms with Gasteiger partial charge in [-0.1, -0.05) is 42.8 Å². The highest BCUT2D eigenvalue weighted by Gasteiger charge is 2.10. The molecule has 1 amide bonds. The molecule has 2 aromatic rings. The number of amides is 1. The summed E-state index contributed by atoms with van der Waals surface area (Å²) in [5.74, 6) is 1.03. The van der Waals surface area contributed by atoms with Gasteiger partial charge in [0.15, 0.2) is 0 Å². The molecule has 0 unspecified atom stereocenters. The van der Waals surface area contributed by atoms with Gasteiger partial charge in [-0.15, -0.1) is 0 Å². The van der Waals surface area contributed by atoms with Crippen molar-refractivity contribution in [3.05, 3.63) is 35.7 Å². The predicted molar refractivity (Wildman–Crippen MR) is 80.7 cm³/mol. The summed E-state index contributed by atoms with van der Waals surface area (Å²) in [5, 5.41) is 6.53. The van der Waals surface area contributed by atoms with E-state index in [1.54, 1.807) is 7.05 Å². The maximum Gasteiger partial charge on any atom is 0.227 e. The van der Waals surface area contributed by atoms with Crippen LogP contribution >= 0.6 is 0 Å². The van der Waals surface area contributed by atoms with Crippen molar-refractivity contribution in [3.63, 3.8) is 0 Å². The van der Waals surface area contributed by atoms with Gasteiger partial charge in [-0.25, -0.2) is 0 Å². The summed E-state index contributed by atoms with van der Waals surface area (Å²) in [4.78, 5) is 15.5. The Labute approximate surface area is 124 Å². The van der Waals surface area contributed by atoms with Crippen LogP contribution in [0.15, 0.2) is 28.8 Å². The van der Waals surface area contributed by atoms with Crippen molar-refractivity contribution in [1.29, 1.82) is 0 Å². The molecule has 0 radical (unpaired) electrons. The lowest BCUT2D eigenvalue weighted by Gasteiger charge is -2.00. The molecule has 0 bridgehead atoms. The summed E-state index contributed by atoms with van der Waals surface area (Å²) < 4.78 is 5.17. The van der Waals surface area contributed by atoms with Crippen LogP contribution in [-0.2, 0) is 17.6 Å². The monoisotopic (exact) mass is 287 g/mol. The van der Waals surface area contributed by atoms with Gasteiger partial charge < -0.3 is 9.84 Å². The zero-order valence-electron chi connectivity index (χ0n) is 12.6.